The molecule has 3 heterocycles. The van der Waals surface area contributed by atoms with Gasteiger partial charge in [-0.1, -0.05) is 35.1 Å². The van der Waals surface area contributed by atoms with Gasteiger partial charge < -0.3 is 4.90 Å². The summed E-state index contributed by atoms with van der Waals surface area (Å²) in [6.45, 7) is 2.60. The van der Waals surface area contributed by atoms with Crippen LogP contribution in [0.25, 0.3) is 0 Å². The fourth-order valence-electron chi connectivity index (χ4n) is 2.86. The Morgan fingerprint density at radius 2 is 2.04 bits per heavy atom. The van der Waals surface area contributed by atoms with Gasteiger partial charge in [0.2, 0.25) is 11.0 Å². The predicted molar refractivity (Wildman–Crippen MR) is 103 cm³/mol. The lowest BCUT2D eigenvalue weighted by atomic mass is 10.1. The predicted octanol–water partition coefficient (Wildman–Crippen LogP) is 3.68. The number of amides is 2. The molecule has 6 nitrogen and oxygen atoms in total. The van der Waals surface area contributed by atoms with Gasteiger partial charge in [0.25, 0.3) is 5.91 Å². The molecule has 4 rings (SSSR count). The van der Waals surface area contributed by atoms with Crippen LogP contribution in [0.3, 0.4) is 0 Å². The van der Waals surface area contributed by atoms with Crippen LogP contribution in [-0.4, -0.2) is 28.6 Å². The molecule has 1 fully saturated rings. The van der Waals surface area contributed by atoms with Crippen molar-refractivity contribution >= 4 is 45.3 Å². The van der Waals surface area contributed by atoms with Gasteiger partial charge in [0, 0.05) is 24.6 Å². The summed E-state index contributed by atoms with van der Waals surface area (Å²) < 4.78 is 0. The minimum absolute atomic E-state index is 0.00584. The van der Waals surface area contributed by atoms with Gasteiger partial charge in [-0.3, -0.25) is 14.9 Å². The molecule has 1 atom stereocenters. The van der Waals surface area contributed by atoms with E-state index in [1.54, 1.807) is 11.0 Å². The number of nitrogens with one attached hydrogen (secondary N) is 1. The third kappa shape index (κ3) is 3.38. The van der Waals surface area contributed by atoms with Gasteiger partial charge in [0.1, 0.15) is 5.01 Å². The fourth-order valence-corrected chi connectivity index (χ4v) is 4.31. The number of nitrogens with zero attached hydrogens (tertiary/aromatic N) is 3. The zero-order valence-electron chi connectivity index (χ0n) is 14.0. The van der Waals surface area contributed by atoms with E-state index in [2.05, 4.69) is 15.5 Å². The summed E-state index contributed by atoms with van der Waals surface area (Å²) in [6, 6.07) is 11.5. The second-order valence-corrected chi connectivity index (χ2v) is 8.07. The summed E-state index contributed by atoms with van der Waals surface area (Å²) in [7, 11) is 0. The number of rotatable bonds is 4. The molecular weight excluding hydrogens is 368 g/mol. The van der Waals surface area contributed by atoms with Crippen LogP contribution in [0.15, 0.2) is 41.8 Å². The van der Waals surface area contributed by atoms with E-state index in [0.717, 1.165) is 16.3 Å². The third-order valence-corrected chi connectivity index (χ3v) is 6.10. The molecule has 0 spiro atoms. The molecule has 0 radical (unpaired) electrons. The van der Waals surface area contributed by atoms with Crippen molar-refractivity contribution in [3.63, 3.8) is 0 Å². The van der Waals surface area contributed by atoms with Crippen LogP contribution in [-0.2, 0) is 4.79 Å². The molecule has 2 aromatic heterocycles. The average molecular weight is 384 g/mol. The molecule has 0 unspecified atom stereocenters. The van der Waals surface area contributed by atoms with Crippen LogP contribution in [0.4, 0.5) is 10.8 Å². The molecule has 1 aliphatic rings. The number of carbonyl (C=O) groups is 2. The summed E-state index contributed by atoms with van der Waals surface area (Å²) in [5.41, 5.74) is 2.06. The molecular formula is C18H16N4O2S2. The zero-order valence-corrected chi connectivity index (χ0v) is 15.6. The lowest BCUT2D eigenvalue weighted by Crippen LogP contribution is -2.24. The van der Waals surface area contributed by atoms with Gasteiger partial charge in [-0.25, -0.2) is 0 Å². The second kappa shape index (κ2) is 6.97. The van der Waals surface area contributed by atoms with Crippen molar-refractivity contribution in [2.45, 2.75) is 19.3 Å². The Hall–Kier alpha value is -2.58. The highest BCUT2D eigenvalue weighted by molar-refractivity contribution is 7.15. The number of aromatic nitrogens is 2. The van der Waals surface area contributed by atoms with Gasteiger partial charge in [0.15, 0.2) is 0 Å². The quantitative estimate of drug-likeness (QED) is 0.744. The van der Waals surface area contributed by atoms with Gasteiger partial charge in [-0.2, -0.15) is 0 Å². The molecule has 2 amide bonds. The van der Waals surface area contributed by atoms with Crippen molar-refractivity contribution < 1.29 is 9.59 Å². The molecule has 0 aliphatic carbocycles. The van der Waals surface area contributed by atoms with E-state index >= 15 is 0 Å². The minimum Gasteiger partial charge on any atom is -0.312 e. The van der Waals surface area contributed by atoms with Crippen LogP contribution in [0.1, 0.15) is 32.6 Å². The van der Waals surface area contributed by atoms with Gasteiger partial charge in [0.05, 0.1) is 4.88 Å². The highest BCUT2D eigenvalue weighted by Crippen LogP contribution is 2.34. The first-order valence-electron chi connectivity index (χ1n) is 8.15. The van der Waals surface area contributed by atoms with Crippen molar-refractivity contribution in [2.75, 3.05) is 16.8 Å². The summed E-state index contributed by atoms with van der Waals surface area (Å²) in [4.78, 5) is 26.9. The van der Waals surface area contributed by atoms with E-state index in [1.807, 2.05) is 42.6 Å². The highest BCUT2D eigenvalue weighted by atomic mass is 32.1. The molecule has 1 N–H and O–H groups in total. The van der Waals surface area contributed by atoms with Gasteiger partial charge in [-0.15, -0.1) is 21.5 Å². The van der Waals surface area contributed by atoms with Gasteiger partial charge >= 0.3 is 0 Å². The summed E-state index contributed by atoms with van der Waals surface area (Å²) in [5.74, 6) is -0.113. The Bertz CT molecular complexity index is 935. The van der Waals surface area contributed by atoms with Crippen LogP contribution >= 0.6 is 22.7 Å². The van der Waals surface area contributed by atoms with Crippen LogP contribution < -0.4 is 10.2 Å². The number of anilines is 2. The molecule has 0 saturated carbocycles. The number of hydrogen-bond acceptors (Lipinski definition) is 6. The zero-order chi connectivity index (χ0) is 18.1. The van der Waals surface area contributed by atoms with E-state index in [4.69, 9.17) is 0 Å². The molecule has 8 heteroatoms. The first-order chi connectivity index (χ1) is 12.6. The van der Waals surface area contributed by atoms with Crippen molar-refractivity contribution in [2.24, 2.45) is 0 Å². The van der Waals surface area contributed by atoms with E-state index in [1.165, 1.54) is 22.7 Å². The minimum atomic E-state index is -0.188. The first kappa shape index (κ1) is 16.9. The molecule has 1 aliphatic heterocycles. The summed E-state index contributed by atoms with van der Waals surface area (Å²) in [5, 5.41) is 14.1. The number of thiophene rings is 1. The maximum absolute atomic E-state index is 12.4. The summed E-state index contributed by atoms with van der Waals surface area (Å²) in [6.07, 6.45) is 0.404. The van der Waals surface area contributed by atoms with E-state index < -0.39 is 0 Å². The highest BCUT2D eigenvalue weighted by Gasteiger charge is 2.34. The maximum atomic E-state index is 12.4. The standard InChI is InChI=1S/C18H16N4O2S2/c1-11-4-6-13(7-5-11)22-10-12(9-15(22)23)17-20-21-18(26-17)19-16(24)14-3-2-8-25-14/h2-8,12H,9-10H2,1H3,(H,19,21,24)/t12-/m0/s1. The van der Waals surface area contributed by atoms with Crippen molar-refractivity contribution in [3.8, 4) is 0 Å². The second-order valence-electron chi connectivity index (χ2n) is 6.12. The first-order valence-corrected chi connectivity index (χ1v) is 9.85. The van der Waals surface area contributed by atoms with Crippen LogP contribution in [0, 0.1) is 6.92 Å². The monoisotopic (exact) mass is 384 g/mol. The summed E-state index contributed by atoms with van der Waals surface area (Å²) >= 11 is 2.70. The smallest absolute Gasteiger partial charge is 0.267 e. The molecule has 3 aromatic rings. The van der Waals surface area contributed by atoms with Crippen molar-refractivity contribution in [1.82, 2.24) is 10.2 Å². The van der Waals surface area contributed by atoms with Crippen molar-refractivity contribution in [3.05, 3.63) is 57.2 Å². The molecule has 1 aromatic carbocycles. The Balaban J connectivity index is 1.45. The fraction of sp³-hybridized carbons (Fsp3) is 0.222. The van der Waals surface area contributed by atoms with E-state index in [-0.39, 0.29) is 17.7 Å². The van der Waals surface area contributed by atoms with Crippen LogP contribution in [0.5, 0.6) is 0 Å². The maximum Gasteiger partial charge on any atom is 0.267 e. The lowest BCUT2D eigenvalue weighted by Gasteiger charge is -2.16. The molecule has 26 heavy (non-hydrogen) atoms. The lowest BCUT2D eigenvalue weighted by molar-refractivity contribution is -0.117. The SMILES string of the molecule is Cc1ccc(N2C[C@@H](c3nnc(NC(=O)c4cccs4)s3)CC2=O)cc1. The number of aryl methyl sites for hydroxylation is 1. The van der Waals surface area contributed by atoms with Gasteiger partial charge in [-0.05, 0) is 30.5 Å². The Kier molecular flexibility index (Phi) is 4.52. The average Bonchev–Trinajstić information content (AvgIpc) is 3.36. The topological polar surface area (TPSA) is 75.2 Å². The Morgan fingerprint density at radius 1 is 1.23 bits per heavy atom. The number of hydrogen-bond donors (Lipinski definition) is 1. The van der Waals surface area contributed by atoms with Crippen LogP contribution in [0.2, 0.25) is 0 Å². The normalized spacial score (nSPS) is 16.9. The third-order valence-electron chi connectivity index (χ3n) is 4.23. The number of carbonyl (C=O) groups excluding carboxylic acids is 2. The Labute approximate surface area is 158 Å². The molecule has 0 bridgehead atoms. The number of benzene rings is 1. The molecule has 1 saturated heterocycles. The Morgan fingerprint density at radius 3 is 2.77 bits per heavy atom. The van der Waals surface area contributed by atoms with Crippen molar-refractivity contribution in [1.29, 1.82) is 0 Å². The van der Waals surface area contributed by atoms with E-state index in [0.29, 0.717) is 23.0 Å². The van der Waals surface area contributed by atoms with E-state index in [9.17, 15) is 9.59 Å². The molecule has 132 valence electrons. The largest absolute Gasteiger partial charge is 0.312 e.